The van der Waals surface area contributed by atoms with Gasteiger partial charge in [-0.05, 0) is 43.6 Å². The van der Waals surface area contributed by atoms with Crippen molar-refractivity contribution in [2.75, 3.05) is 57.3 Å². The van der Waals surface area contributed by atoms with Crippen LogP contribution < -0.4 is 10.2 Å². The molecular formula is C20H25N7O4S. The van der Waals surface area contributed by atoms with Gasteiger partial charge in [-0.25, -0.2) is 0 Å². The lowest BCUT2D eigenvalue weighted by Crippen LogP contribution is -2.49. The van der Waals surface area contributed by atoms with Crippen molar-refractivity contribution in [3.05, 3.63) is 44.4 Å². The first kappa shape index (κ1) is 22.1. The lowest BCUT2D eigenvalue weighted by Gasteiger charge is -2.35. The van der Waals surface area contributed by atoms with Gasteiger partial charge < -0.3 is 20.0 Å². The molecule has 1 aromatic heterocycles. The van der Waals surface area contributed by atoms with E-state index in [1.165, 1.54) is 6.07 Å². The largest absolute Gasteiger partial charge is 0.362 e. The Bertz CT molecular complexity index is 1010. The van der Waals surface area contributed by atoms with Crippen LogP contribution in [0, 0.1) is 17.0 Å². The van der Waals surface area contributed by atoms with E-state index in [2.05, 4.69) is 14.9 Å². The molecule has 0 aliphatic carbocycles. The molecule has 2 amide bonds. The number of amides is 2. The number of aryl methyl sites for hydroxylation is 1. The van der Waals surface area contributed by atoms with E-state index < -0.39 is 4.92 Å². The molecule has 11 nitrogen and oxygen atoms in total. The van der Waals surface area contributed by atoms with Gasteiger partial charge >= 0.3 is 0 Å². The molecule has 1 N–H and O–H groups in total. The van der Waals surface area contributed by atoms with Crippen LogP contribution >= 0.6 is 11.5 Å². The maximum absolute atomic E-state index is 12.9. The van der Waals surface area contributed by atoms with Crippen molar-refractivity contribution < 1.29 is 14.5 Å². The molecule has 0 atom stereocenters. The van der Waals surface area contributed by atoms with Crippen LogP contribution in [0.15, 0.2) is 18.2 Å². The summed E-state index contributed by atoms with van der Waals surface area (Å²) in [7, 11) is 0. The third kappa shape index (κ3) is 4.55. The predicted octanol–water partition coefficient (Wildman–Crippen LogP) is 1.15. The van der Waals surface area contributed by atoms with Gasteiger partial charge in [-0.15, -0.1) is 5.10 Å². The van der Waals surface area contributed by atoms with Crippen LogP contribution in [-0.2, 0) is 0 Å². The van der Waals surface area contributed by atoms with E-state index >= 15 is 0 Å². The summed E-state index contributed by atoms with van der Waals surface area (Å²) in [5.74, 6) is -0.299. The summed E-state index contributed by atoms with van der Waals surface area (Å²) >= 11 is 1.08. The predicted molar refractivity (Wildman–Crippen MR) is 119 cm³/mol. The van der Waals surface area contributed by atoms with Crippen molar-refractivity contribution in [2.24, 2.45) is 0 Å². The zero-order valence-electron chi connectivity index (χ0n) is 17.8. The van der Waals surface area contributed by atoms with Gasteiger partial charge in [0.2, 0.25) is 0 Å². The highest BCUT2D eigenvalue weighted by atomic mass is 32.1. The molecule has 2 aromatic rings. The normalized spacial score (nSPS) is 17.2. The Morgan fingerprint density at radius 1 is 1.06 bits per heavy atom. The number of nitro benzene ring substituents is 1. The Morgan fingerprint density at radius 2 is 1.81 bits per heavy atom. The average Bonchev–Trinajstić information content (AvgIpc) is 3.06. The maximum Gasteiger partial charge on any atom is 0.293 e. The van der Waals surface area contributed by atoms with E-state index in [1.54, 1.807) is 28.9 Å². The van der Waals surface area contributed by atoms with Gasteiger partial charge in [-0.2, -0.15) is 0 Å². The molecule has 0 unspecified atom stereocenters. The second-order valence-corrected chi connectivity index (χ2v) is 8.58. The standard InChI is InChI=1S/C20H25N7O4S/c1-14-18(32-23-22-14)20(29)26-11-9-24(10-12-26)16-4-3-15(13-17(16)27(30)31)19(28)25-7-2-5-21-6-8-25/h3-4,13,21H,2,5-12H2,1H3. The second kappa shape index (κ2) is 9.57. The minimum atomic E-state index is -0.444. The third-order valence-electron chi connectivity index (χ3n) is 5.80. The molecule has 2 saturated heterocycles. The van der Waals surface area contributed by atoms with Crippen LogP contribution in [-0.4, -0.2) is 88.5 Å². The first-order valence-electron chi connectivity index (χ1n) is 10.6. The second-order valence-electron chi connectivity index (χ2n) is 7.82. The van der Waals surface area contributed by atoms with E-state index in [4.69, 9.17) is 0 Å². The van der Waals surface area contributed by atoms with E-state index in [-0.39, 0.29) is 17.5 Å². The van der Waals surface area contributed by atoms with Crippen LogP contribution in [0.2, 0.25) is 0 Å². The highest BCUT2D eigenvalue weighted by Gasteiger charge is 2.29. The van der Waals surface area contributed by atoms with Crippen molar-refractivity contribution in [1.29, 1.82) is 0 Å². The molecule has 12 heteroatoms. The van der Waals surface area contributed by atoms with Gasteiger partial charge in [-0.1, -0.05) is 4.49 Å². The van der Waals surface area contributed by atoms with Crippen molar-refractivity contribution >= 4 is 34.7 Å². The zero-order chi connectivity index (χ0) is 22.7. The van der Waals surface area contributed by atoms with Crippen LogP contribution in [0.3, 0.4) is 0 Å². The van der Waals surface area contributed by atoms with Crippen LogP contribution in [0.4, 0.5) is 11.4 Å². The fourth-order valence-electron chi connectivity index (χ4n) is 4.02. The van der Waals surface area contributed by atoms with Gasteiger partial charge in [0.25, 0.3) is 17.5 Å². The molecule has 0 bridgehead atoms. The molecule has 2 aliphatic heterocycles. The molecule has 170 valence electrons. The molecule has 2 fully saturated rings. The first-order valence-corrected chi connectivity index (χ1v) is 11.3. The average molecular weight is 460 g/mol. The van der Waals surface area contributed by atoms with Crippen molar-refractivity contribution in [3.63, 3.8) is 0 Å². The number of nitrogens with zero attached hydrogens (tertiary/aromatic N) is 6. The van der Waals surface area contributed by atoms with Crippen molar-refractivity contribution in [2.45, 2.75) is 13.3 Å². The zero-order valence-corrected chi connectivity index (χ0v) is 18.6. The van der Waals surface area contributed by atoms with Crippen LogP contribution in [0.5, 0.6) is 0 Å². The quantitative estimate of drug-likeness (QED) is 0.533. The summed E-state index contributed by atoms with van der Waals surface area (Å²) in [6.07, 6.45) is 0.853. The molecule has 2 aliphatic rings. The highest BCUT2D eigenvalue weighted by Crippen LogP contribution is 2.31. The molecule has 3 heterocycles. The summed E-state index contributed by atoms with van der Waals surface area (Å²) in [5, 5.41) is 18.9. The van der Waals surface area contributed by atoms with Crippen LogP contribution in [0.25, 0.3) is 0 Å². The SMILES string of the molecule is Cc1nnsc1C(=O)N1CCN(c2ccc(C(=O)N3CCCNCC3)cc2[N+](=O)[O-])CC1. The number of hydrogen-bond donors (Lipinski definition) is 1. The van der Waals surface area contributed by atoms with Crippen molar-refractivity contribution in [1.82, 2.24) is 24.7 Å². The number of benzene rings is 1. The lowest BCUT2D eigenvalue weighted by molar-refractivity contribution is -0.384. The number of nitro groups is 1. The van der Waals surface area contributed by atoms with Crippen LogP contribution in [0.1, 0.15) is 32.1 Å². The summed E-state index contributed by atoms with van der Waals surface area (Å²) in [5.41, 5.74) is 1.31. The Hall–Kier alpha value is -3.12. The Labute approximate surface area is 189 Å². The molecule has 4 rings (SSSR count). The summed E-state index contributed by atoms with van der Waals surface area (Å²) in [4.78, 5) is 42.8. The van der Waals surface area contributed by atoms with Gasteiger partial charge in [0, 0.05) is 57.4 Å². The number of carbonyl (C=O) groups is 2. The van der Waals surface area contributed by atoms with Gasteiger partial charge in [0.15, 0.2) is 0 Å². The first-order chi connectivity index (χ1) is 15.5. The van der Waals surface area contributed by atoms with Crippen molar-refractivity contribution in [3.8, 4) is 0 Å². The molecular weight excluding hydrogens is 434 g/mol. The monoisotopic (exact) mass is 459 g/mol. The topological polar surface area (TPSA) is 125 Å². The summed E-state index contributed by atoms with van der Waals surface area (Å²) in [6, 6.07) is 4.68. The lowest BCUT2D eigenvalue weighted by atomic mass is 10.1. The van der Waals surface area contributed by atoms with E-state index in [0.717, 1.165) is 24.5 Å². The minimum Gasteiger partial charge on any atom is -0.362 e. The van der Waals surface area contributed by atoms with E-state index in [1.807, 2.05) is 4.90 Å². The number of piperazine rings is 1. The highest BCUT2D eigenvalue weighted by molar-refractivity contribution is 7.07. The van der Waals surface area contributed by atoms with Gasteiger partial charge in [0.1, 0.15) is 10.6 Å². The maximum atomic E-state index is 12.9. The molecule has 0 saturated carbocycles. The molecule has 1 aromatic carbocycles. The van der Waals surface area contributed by atoms with Gasteiger partial charge in [-0.3, -0.25) is 19.7 Å². The Balaban J connectivity index is 1.48. The molecule has 32 heavy (non-hydrogen) atoms. The number of aromatic nitrogens is 2. The number of rotatable bonds is 4. The third-order valence-corrected chi connectivity index (χ3v) is 6.62. The number of anilines is 1. The number of nitrogens with one attached hydrogen (secondary N) is 1. The number of carbonyl (C=O) groups excluding carboxylic acids is 2. The van der Waals surface area contributed by atoms with E-state index in [0.29, 0.717) is 67.6 Å². The molecule has 0 radical (unpaired) electrons. The summed E-state index contributed by atoms with van der Waals surface area (Å²) in [6.45, 7) is 6.34. The minimum absolute atomic E-state index is 0.0916. The summed E-state index contributed by atoms with van der Waals surface area (Å²) < 4.78 is 3.82. The Morgan fingerprint density at radius 3 is 2.50 bits per heavy atom. The Kier molecular flexibility index (Phi) is 6.61. The van der Waals surface area contributed by atoms with Gasteiger partial charge in [0.05, 0.1) is 10.6 Å². The number of hydrogen-bond acceptors (Lipinski definition) is 9. The fraction of sp³-hybridized carbons (Fsp3) is 0.500. The van der Waals surface area contributed by atoms with E-state index in [9.17, 15) is 19.7 Å². The molecule has 0 spiro atoms. The fourth-order valence-corrected chi connectivity index (χ4v) is 4.65. The smallest absolute Gasteiger partial charge is 0.293 e.